The van der Waals surface area contributed by atoms with Crippen molar-refractivity contribution in [1.29, 1.82) is 0 Å². The Hall–Kier alpha value is -2.85. The second-order valence-electron chi connectivity index (χ2n) is 5.73. The van der Waals surface area contributed by atoms with Crippen LogP contribution in [-0.2, 0) is 10.0 Å². The Morgan fingerprint density at radius 2 is 1.50 bits per heavy atom. The van der Waals surface area contributed by atoms with Crippen molar-refractivity contribution in [3.63, 3.8) is 0 Å². The molecule has 28 heavy (non-hydrogen) atoms. The minimum atomic E-state index is -4.05. The van der Waals surface area contributed by atoms with E-state index in [0.29, 0.717) is 11.5 Å². The number of nitrogens with one attached hydrogen (secondary N) is 1. The third kappa shape index (κ3) is 4.90. The summed E-state index contributed by atoms with van der Waals surface area (Å²) in [6.07, 6.45) is -1.47. The molecule has 2 aromatic carbocycles. The Morgan fingerprint density at radius 1 is 0.929 bits per heavy atom. The molecule has 0 aliphatic heterocycles. The predicted octanol–water partition coefficient (Wildman–Crippen LogP) is 1.90. The van der Waals surface area contributed by atoms with Gasteiger partial charge in [0.2, 0.25) is 10.0 Å². The van der Waals surface area contributed by atoms with Gasteiger partial charge in [0.1, 0.15) is 34.9 Å². The maximum atomic E-state index is 12.5. The van der Waals surface area contributed by atoms with Crippen LogP contribution in [0.2, 0.25) is 0 Å². The Morgan fingerprint density at radius 3 is 2.00 bits per heavy atom. The fourth-order valence-corrected chi connectivity index (χ4v) is 3.75. The third-order valence-corrected chi connectivity index (χ3v) is 5.22. The number of anilines is 1. The molecule has 1 unspecified atom stereocenters. The minimum Gasteiger partial charge on any atom is -0.506 e. The molecule has 2 rings (SSSR count). The SMILES string of the molecule is COc1ccc(O)c(NS(=O)(=O)CC(O)c2c(OC)cc(OC)cc2OC)c1. The average Bonchev–Trinajstić information content (AvgIpc) is 2.67. The van der Waals surface area contributed by atoms with E-state index in [2.05, 4.69) is 4.72 Å². The molecule has 3 N–H and O–H groups in total. The second kappa shape index (κ2) is 8.89. The summed E-state index contributed by atoms with van der Waals surface area (Å²) in [4.78, 5) is 0. The van der Waals surface area contributed by atoms with E-state index in [0.717, 1.165) is 0 Å². The first-order valence-corrected chi connectivity index (χ1v) is 9.75. The van der Waals surface area contributed by atoms with Crippen LogP contribution in [0.15, 0.2) is 30.3 Å². The molecule has 10 heteroatoms. The summed E-state index contributed by atoms with van der Waals surface area (Å²) in [5.41, 5.74) is 0.0891. The highest BCUT2D eigenvalue weighted by Crippen LogP contribution is 2.39. The lowest BCUT2D eigenvalue weighted by atomic mass is 10.1. The van der Waals surface area contributed by atoms with Crippen molar-refractivity contribution < 1.29 is 37.6 Å². The fraction of sp³-hybridized carbons (Fsp3) is 0.333. The van der Waals surface area contributed by atoms with Crippen LogP contribution in [0.25, 0.3) is 0 Å². The minimum absolute atomic E-state index is 0.0692. The highest BCUT2D eigenvalue weighted by atomic mass is 32.2. The topological polar surface area (TPSA) is 124 Å². The number of hydrogen-bond acceptors (Lipinski definition) is 8. The molecule has 0 spiro atoms. The van der Waals surface area contributed by atoms with Crippen LogP contribution in [0.4, 0.5) is 5.69 Å². The first-order chi connectivity index (χ1) is 13.2. The molecule has 0 amide bonds. The number of sulfonamides is 1. The van der Waals surface area contributed by atoms with Crippen LogP contribution < -0.4 is 23.7 Å². The molecule has 9 nitrogen and oxygen atoms in total. The number of rotatable bonds is 9. The van der Waals surface area contributed by atoms with Crippen molar-refractivity contribution in [3.8, 4) is 28.7 Å². The number of hydrogen-bond donors (Lipinski definition) is 3. The van der Waals surface area contributed by atoms with E-state index in [9.17, 15) is 18.6 Å². The maximum Gasteiger partial charge on any atom is 0.235 e. The number of benzene rings is 2. The first-order valence-electron chi connectivity index (χ1n) is 8.10. The van der Waals surface area contributed by atoms with E-state index >= 15 is 0 Å². The Kier molecular flexibility index (Phi) is 6.81. The molecule has 0 aliphatic carbocycles. The second-order valence-corrected chi connectivity index (χ2v) is 7.49. The lowest BCUT2D eigenvalue weighted by Crippen LogP contribution is -2.22. The van der Waals surface area contributed by atoms with Crippen molar-refractivity contribution >= 4 is 15.7 Å². The molecular formula is C18H23NO8S. The van der Waals surface area contributed by atoms with Gasteiger partial charge in [-0.15, -0.1) is 0 Å². The van der Waals surface area contributed by atoms with Crippen molar-refractivity contribution in [2.45, 2.75) is 6.10 Å². The van der Waals surface area contributed by atoms with Gasteiger partial charge in [-0.3, -0.25) is 4.72 Å². The van der Waals surface area contributed by atoms with Gasteiger partial charge in [-0.05, 0) is 12.1 Å². The van der Waals surface area contributed by atoms with Gasteiger partial charge < -0.3 is 29.2 Å². The zero-order valence-electron chi connectivity index (χ0n) is 15.9. The van der Waals surface area contributed by atoms with Gasteiger partial charge >= 0.3 is 0 Å². The predicted molar refractivity (Wildman–Crippen MR) is 103 cm³/mol. The van der Waals surface area contributed by atoms with E-state index in [1.54, 1.807) is 0 Å². The van der Waals surface area contributed by atoms with Crippen LogP contribution in [0.1, 0.15) is 11.7 Å². The summed E-state index contributed by atoms with van der Waals surface area (Å²) in [6, 6.07) is 7.12. The van der Waals surface area contributed by atoms with Gasteiger partial charge in [-0.25, -0.2) is 8.42 Å². The summed E-state index contributed by atoms with van der Waals surface area (Å²) in [7, 11) is 1.58. The van der Waals surface area contributed by atoms with Gasteiger partial charge in [-0.1, -0.05) is 0 Å². The van der Waals surface area contributed by atoms with E-state index in [4.69, 9.17) is 18.9 Å². The lowest BCUT2D eigenvalue weighted by molar-refractivity contribution is 0.191. The number of phenolic OH excluding ortho intramolecular Hbond substituents is 1. The summed E-state index contributed by atoms with van der Waals surface area (Å²) in [6.45, 7) is 0. The zero-order valence-corrected chi connectivity index (χ0v) is 16.7. The number of aliphatic hydroxyl groups is 1. The van der Waals surface area contributed by atoms with Crippen LogP contribution in [0.5, 0.6) is 28.7 Å². The Bertz CT molecular complexity index is 904. The largest absolute Gasteiger partial charge is 0.506 e. The molecule has 0 aliphatic rings. The number of aromatic hydroxyl groups is 1. The summed E-state index contributed by atoms with van der Waals surface area (Å²) < 4.78 is 47.9. The quantitative estimate of drug-likeness (QED) is 0.533. The third-order valence-electron chi connectivity index (χ3n) is 3.93. The normalized spacial score (nSPS) is 12.2. The molecule has 0 radical (unpaired) electrons. The van der Waals surface area contributed by atoms with Crippen LogP contribution in [0, 0.1) is 0 Å². The molecule has 0 aromatic heterocycles. The fourth-order valence-electron chi connectivity index (χ4n) is 2.59. The molecule has 0 bridgehead atoms. The number of phenols is 1. The van der Waals surface area contributed by atoms with Crippen LogP contribution in [-0.4, -0.2) is 52.8 Å². The number of methoxy groups -OCH3 is 4. The van der Waals surface area contributed by atoms with Gasteiger partial charge in [0.15, 0.2) is 0 Å². The van der Waals surface area contributed by atoms with Gasteiger partial charge in [0.25, 0.3) is 0 Å². The molecule has 154 valence electrons. The monoisotopic (exact) mass is 413 g/mol. The molecular weight excluding hydrogens is 390 g/mol. The van der Waals surface area contributed by atoms with Gasteiger partial charge in [0.05, 0.1) is 45.4 Å². The van der Waals surface area contributed by atoms with Crippen molar-refractivity contribution in [2.24, 2.45) is 0 Å². The molecule has 0 saturated heterocycles. The molecule has 0 heterocycles. The summed E-state index contributed by atoms with van der Waals surface area (Å²) in [5.74, 6) is 0.217. The van der Waals surface area contributed by atoms with Crippen molar-refractivity contribution in [2.75, 3.05) is 38.9 Å². The molecule has 0 fully saturated rings. The lowest BCUT2D eigenvalue weighted by Gasteiger charge is -2.20. The Labute approximate surface area is 163 Å². The highest BCUT2D eigenvalue weighted by molar-refractivity contribution is 7.92. The van der Waals surface area contributed by atoms with Crippen LogP contribution in [0.3, 0.4) is 0 Å². The van der Waals surface area contributed by atoms with Gasteiger partial charge in [0, 0.05) is 18.2 Å². The van der Waals surface area contributed by atoms with E-state index in [-0.39, 0.29) is 28.5 Å². The average molecular weight is 413 g/mol. The molecule has 2 aromatic rings. The van der Waals surface area contributed by atoms with Crippen molar-refractivity contribution in [1.82, 2.24) is 0 Å². The van der Waals surface area contributed by atoms with Crippen LogP contribution >= 0.6 is 0 Å². The summed E-state index contributed by atoms with van der Waals surface area (Å²) >= 11 is 0. The zero-order chi connectivity index (χ0) is 20.9. The summed E-state index contributed by atoms with van der Waals surface area (Å²) in [5, 5.41) is 20.5. The van der Waals surface area contributed by atoms with Crippen molar-refractivity contribution in [3.05, 3.63) is 35.9 Å². The highest BCUT2D eigenvalue weighted by Gasteiger charge is 2.26. The Balaban J connectivity index is 2.32. The maximum absolute atomic E-state index is 12.5. The molecule has 0 saturated carbocycles. The van der Waals surface area contributed by atoms with E-state index < -0.39 is 21.9 Å². The number of aliphatic hydroxyl groups excluding tert-OH is 1. The standard InChI is InChI=1S/C18H23NO8S/c1-24-11-5-6-14(20)13(7-11)19-28(22,23)10-15(21)18-16(26-3)8-12(25-2)9-17(18)27-4/h5-9,15,19-21H,10H2,1-4H3. The molecule has 1 atom stereocenters. The van der Waals surface area contributed by atoms with Gasteiger partial charge in [-0.2, -0.15) is 0 Å². The number of ether oxygens (including phenoxy) is 4. The smallest absolute Gasteiger partial charge is 0.235 e. The van der Waals surface area contributed by atoms with E-state index in [1.165, 1.54) is 58.8 Å². The van der Waals surface area contributed by atoms with E-state index in [1.807, 2.05) is 0 Å². The first kappa shape index (κ1) is 21.5.